The molecule has 0 heterocycles. The molecule has 0 radical (unpaired) electrons. The van der Waals surface area contributed by atoms with Gasteiger partial charge in [-0.1, -0.05) is 5.11 Å². The summed E-state index contributed by atoms with van der Waals surface area (Å²) in [5.41, 5.74) is 13.2. The monoisotopic (exact) mass is 254 g/mol. The molecule has 0 fully saturated rings. The average Bonchev–Trinajstić information content (AvgIpc) is 2.34. The molecule has 0 aliphatic carbocycles. The average molecular weight is 254 g/mol. The van der Waals surface area contributed by atoms with Gasteiger partial charge in [-0.15, -0.1) is 0 Å². The first kappa shape index (κ1) is 16.3. The number of hydrogen-bond acceptors (Lipinski definition) is 5. The van der Waals surface area contributed by atoms with Crippen molar-refractivity contribution in [1.29, 1.82) is 0 Å². The molecule has 18 heavy (non-hydrogen) atoms. The Hall–Kier alpha value is -1.72. The molecule has 0 bridgehead atoms. The Kier molecular flexibility index (Phi) is 9.44. The van der Waals surface area contributed by atoms with Crippen molar-refractivity contribution in [3.63, 3.8) is 0 Å². The third-order valence-electron chi connectivity index (χ3n) is 2.34. The molecular weight excluding hydrogens is 236 g/mol. The maximum absolute atomic E-state index is 11.4. The lowest BCUT2D eigenvalue weighted by Crippen LogP contribution is -2.10. The van der Waals surface area contributed by atoms with Crippen molar-refractivity contribution in [3.05, 3.63) is 10.4 Å². The molecule has 0 rings (SSSR count). The summed E-state index contributed by atoms with van der Waals surface area (Å²) in [6.45, 7) is 0.420. The fraction of sp³-hybridized carbons (Fsp3) is 0.727. The highest BCUT2D eigenvalue weighted by Crippen LogP contribution is 2.03. The number of azide groups is 1. The first-order valence-corrected chi connectivity index (χ1v) is 5.86. The van der Waals surface area contributed by atoms with Gasteiger partial charge in [-0.05, 0) is 12.1 Å². The first-order chi connectivity index (χ1) is 8.60. The quantitative estimate of drug-likeness (QED) is 0.338. The van der Waals surface area contributed by atoms with Crippen LogP contribution in [-0.2, 0) is 14.4 Å². The van der Waals surface area contributed by atoms with Crippen molar-refractivity contribution in [2.75, 3.05) is 13.1 Å². The Labute approximate surface area is 105 Å². The van der Waals surface area contributed by atoms with Crippen LogP contribution in [0.5, 0.6) is 0 Å². The van der Waals surface area contributed by atoms with Crippen molar-refractivity contribution < 1.29 is 14.4 Å². The number of Topliss-reactive ketones (excluding diaryl/α,β-unsaturated/α-hetero) is 3. The summed E-state index contributed by atoms with van der Waals surface area (Å²) < 4.78 is 0. The van der Waals surface area contributed by atoms with E-state index in [9.17, 15) is 14.4 Å². The molecular formula is C11H18N4O3. The van der Waals surface area contributed by atoms with E-state index in [1.54, 1.807) is 0 Å². The number of carbonyl (C=O) groups excluding carboxylic acids is 3. The Balaban J connectivity index is 3.66. The van der Waals surface area contributed by atoms with Gasteiger partial charge in [-0.25, -0.2) is 0 Å². The molecule has 0 spiro atoms. The zero-order chi connectivity index (χ0) is 13.8. The van der Waals surface area contributed by atoms with E-state index in [1.807, 2.05) is 0 Å². The van der Waals surface area contributed by atoms with Gasteiger partial charge in [0.05, 0.1) is 0 Å². The Morgan fingerprint density at radius 1 is 0.889 bits per heavy atom. The van der Waals surface area contributed by atoms with Gasteiger partial charge >= 0.3 is 0 Å². The predicted octanol–water partition coefficient (Wildman–Crippen LogP) is 1.30. The summed E-state index contributed by atoms with van der Waals surface area (Å²) in [7, 11) is 0. The van der Waals surface area contributed by atoms with Crippen LogP contribution in [0.3, 0.4) is 0 Å². The molecule has 0 aromatic carbocycles. The largest absolute Gasteiger partial charge is 0.330 e. The molecule has 0 saturated heterocycles. The molecule has 0 atom stereocenters. The molecule has 2 N–H and O–H groups in total. The van der Waals surface area contributed by atoms with Gasteiger partial charge in [0.2, 0.25) is 0 Å². The summed E-state index contributed by atoms with van der Waals surface area (Å²) in [5, 5.41) is 3.24. The van der Waals surface area contributed by atoms with E-state index in [0.717, 1.165) is 0 Å². The van der Waals surface area contributed by atoms with Gasteiger partial charge in [-0.3, -0.25) is 14.4 Å². The zero-order valence-electron chi connectivity index (χ0n) is 10.3. The number of carbonyl (C=O) groups is 3. The smallest absolute Gasteiger partial charge is 0.134 e. The van der Waals surface area contributed by atoms with Crippen molar-refractivity contribution >= 4 is 17.3 Å². The molecule has 0 aromatic rings. The van der Waals surface area contributed by atoms with Crippen LogP contribution in [-0.4, -0.2) is 30.4 Å². The van der Waals surface area contributed by atoms with Crippen LogP contribution in [0.4, 0.5) is 0 Å². The molecule has 100 valence electrons. The fourth-order valence-electron chi connectivity index (χ4n) is 1.31. The standard InChI is InChI=1S/C11H18N4O3/c12-7-5-10(17)3-1-9(16)2-4-11(18)6-8-14-15-13/h1-8,12H2. The normalized spacial score (nSPS) is 9.61. The van der Waals surface area contributed by atoms with Gasteiger partial charge in [0.15, 0.2) is 0 Å². The second kappa shape index (κ2) is 10.4. The summed E-state index contributed by atoms with van der Waals surface area (Å²) in [4.78, 5) is 36.3. The minimum atomic E-state index is -0.107. The number of hydrogen-bond donors (Lipinski definition) is 1. The minimum Gasteiger partial charge on any atom is -0.330 e. The SMILES string of the molecule is [N-]=[N+]=NCCC(=O)CCC(=O)CCC(=O)CCN. The molecule has 7 nitrogen and oxygen atoms in total. The molecule has 0 aliphatic rings. The summed E-state index contributed by atoms with van der Waals surface area (Å²) in [6, 6.07) is 0. The lowest BCUT2D eigenvalue weighted by molar-refractivity contribution is -0.126. The van der Waals surface area contributed by atoms with Crippen molar-refractivity contribution in [2.24, 2.45) is 10.8 Å². The summed E-state index contributed by atoms with van der Waals surface area (Å²) in [6.07, 6.45) is 1.10. The van der Waals surface area contributed by atoms with Gasteiger partial charge in [0.25, 0.3) is 0 Å². The van der Waals surface area contributed by atoms with Crippen LogP contribution in [0.2, 0.25) is 0 Å². The highest BCUT2D eigenvalue weighted by molar-refractivity contribution is 5.89. The highest BCUT2D eigenvalue weighted by Gasteiger charge is 2.09. The maximum atomic E-state index is 11.4. The molecule has 0 amide bonds. The third-order valence-corrected chi connectivity index (χ3v) is 2.34. The van der Waals surface area contributed by atoms with E-state index in [2.05, 4.69) is 10.0 Å². The summed E-state index contributed by atoms with van der Waals surface area (Å²) >= 11 is 0. The molecule has 0 aliphatic heterocycles. The first-order valence-electron chi connectivity index (χ1n) is 5.86. The lowest BCUT2D eigenvalue weighted by atomic mass is 10.0. The number of rotatable bonds is 11. The van der Waals surface area contributed by atoms with Crippen molar-refractivity contribution in [1.82, 2.24) is 0 Å². The number of ketones is 3. The Morgan fingerprint density at radius 2 is 1.33 bits per heavy atom. The molecule has 0 aromatic heterocycles. The van der Waals surface area contributed by atoms with E-state index >= 15 is 0 Å². The van der Waals surface area contributed by atoms with Crippen LogP contribution >= 0.6 is 0 Å². The molecule has 0 saturated carbocycles. The predicted molar refractivity (Wildman–Crippen MR) is 65.8 cm³/mol. The van der Waals surface area contributed by atoms with Gasteiger partial charge in [-0.2, -0.15) is 0 Å². The van der Waals surface area contributed by atoms with E-state index in [1.165, 1.54) is 0 Å². The van der Waals surface area contributed by atoms with Crippen LogP contribution in [0.25, 0.3) is 10.4 Å². The highest BCUT2D eigenvalue weighted by atomic mass is 16.1. The van der Waals surface area contributed by atoms with Crippen LogP contribution in [0.1, 0.15) is 38.5 Å². The van der Waals surface area contributed by atoms with Crippen molar-refractivity contribution in [2.45, 2.75) is 38.5 Å². The van der Waals surface area contributed by atoms with E-state index < -0.39 is 0 Å². The van der Waals surface area contributed by atoms with E-state index in [4.69, 9.17) is 11.3 Å². The molecule has 7 heteroatoms. The zero-order valence-corrected chi connectivity index (χ0v) is 10.3. The molecule has 0 unspecified atom stereocenters. The number of nitrogens with zero attached hydrogens (tertiary/aromatic N) is 3. The van der Waals surface area contributed by atoms with E-state index in [-0.39, 0.29) is 56.0 Å². The van der Waals surface area contributed by atoms with Gasteiger partial charge in [0.1, 0.15) is 17.3 Å². The summed E-state index contributed by atoms with van der Waals surface area (Å²) in [5.74, 6) is -0.234. The van der Waals surface area contributed by atoms with Crippen LogP contribution in [0, 0.1) is 0 Å². The Morgan fingerprint density at radius 3 is 1.78 bits per heavy atom. The van der Waals surface area contributed by atoms with Crippen LogP contribution < -0.4 is 5.73 Å². The topological polar surface area (TPSA) is 126 Å². The second-order valence-corrected chi connectivity index (χ2v) is 3.86. The Bertz CT molecular complexity index is 348. The fourth-order valence-corrected chi connectivity index (χ4v) is 1.31. The lowest BCUT2D eigenvalue weighted by Gasteiger charge is -2.00. The maximum Gasteiger partial charge on any atom is 0.134 e. The van der Waals surface area contributed by atoms with Gasteiger partial charge in [0, 0.05) is 50.0 Å². The van der Waals surface area contributed by atoms with Gasteiger partial charge < -0.3 is 5.73 Å². The third kappa shape index (κ3) is 9.50. The second-order valence-electron chi connectivity index (χ2n) is 3.86. The number of nitrogens with two attached hydrogens (primary N) is 1. The minimum absolute atomic E-state index is 0.0273. The van der Waals surface area contributed by atoms with E-state index in [0.29, 0.717) is 13.0 Å². The van der Waals surface area contributed by atoms with Crippen LogP contribution in [0.15, 0.2) is 5.11 Å². The van der Waals surface area contributed by atoms with Crippen molar-refractivity contribution in [3.8, 4) is 0 Å².